The molecule has 35 heavy (non-hydrogen) atoms. The van der Waals surface area contributed by atoms with Crippen LogP contribution in [0.1, 0.15) is 16.9 Å². The second-order valence-corrected chi connectivity index (χ2v) is 8.49. The molecule has 0 radical (unpaired) electrons. The van der Waals surface area contributed by atoms with E-state index in [4.69, 9.17) is 9.15 Å². The third-order valence-corrected chi connectivity index (χ3v) is 5.95. The molecule has 0 saturated carbocycles. The van der Waals surface area contributed by atoms with Crippen LogP contribution in [0.5, 0.6) is 11.5 Å². The van der Waals surface area contributed by atoms with Crippen molar-refractivity contribution in [2.45, 2.75) is 6.54 Å². The molecular weight excluding hydrogens is 460 g/mol. The highest BCUT2D eigenvalue weighted by Gasteiger charge is 2.34. The second kappa shape index (κ2) is 10.7. The van der Waals surface area contributed by atoms with Crippen molar-refractivity contribution in [1.29, 1.82) is 0 Å². The number of pyridine rings is 1. The maximum atomic E-state index is 13.3. The van der Waals surface area contributed by atoms with Crippen molar-refractivity contribution in [1.82, 2.24) is 9.88 Å². The van der Waals surface area contributed by atoms with Gasteiger partial charge in [-0.3, -0.25) is 14.7 Å². The number of carbonyl (C=O) groups excluding carboxylic acids is 1. The minimum atomic E-state index is -0.170. The van der Waals surface area contributed by atoms with Crippen molar-refractivity contribution in [3.05, 3.63) is 119 Å². The Morgan fingerprint density at radius 2 is 1.83 bits per heavy atom. The van der Waals surface area contributed by atoms with Crippen molar-refractivity contribution in [3.63, 3.8) is 0 Å². The quantitative estimate of drug-likeness (QED) is 0.185. The lowest BCUT2D eigenvalue weighted by Crippen LogP contribution is -2.28. The Kier molecular flexibility index (Phi) is 6.82. The number of amidine groups is 1. The van der Waals surface area contributed by atoms with E-state index in [1.165, 1.54) is 11.8 Å². The van der Waals surface area contributed by atoms with E-state index < -0.39 is 0 Å². The molecular formula is C27H20N4O3S. The Morgan fingerprint density at radius 3 is 2.63 bits per heavy atom. The normalized spacial score (nSPS) is 16.0. The zero-order valence-corrected chi connectivity index (χ0v) is 19.3. The standard InChI is InChI=1S/C27H20N4O3S/c32-26-25(16-20-7-4-11-23(15-20)34-22-9-2-1-3-10-22)35-27(31(26)19-24-12-6-14-33-24)30-29-18-21-8-5-13-28-17-21/h1-18H,19H2/b25-16-,29-18+,30-27+. The molecule has 8 heteroatoms. The molecule has 7 nitrogen and oxygen atoms in total. The van der Waals surface area contributed by atoms with Gasteiger partial charge in [0.05, 0.1) is 23.9 Å². The zero-order chi connectivity index (χ0) is 23.9. The minimum Gasteiger partial charge on any atom is -0.467 e. The summed E-state index contributed by atoms with van der Waals surface area (Å²) in [6, 6.07) is 24.4. The lowest BCUT2D eigenvalue weighted by molar-refractivity contribution is -0.122. The number of benzene rings is 2. The van der Waals surface area contributed by atoms with Gasteiger partial charge in [0.2, 0.25) is 0 Å². The molecule has 172 valence electrons. The van der Waals surface area contributed by atoms with Gasteiger partial charge in [0.25, 0.3) is 5.91 Å². The first-order chi connectivity index (χ1) is 17.2. The Balaban J connectivity index is 1.40. The van der Waals surface area contributed by atoms with E-state index in [2.05, 4.69) is 15.2 Å². The van der Waals surface area contributed by atoms with Gasteiger partial charge in [-0.05, 0) is 65.9 Å². The van der Waals surface area contributed by atoms with Crippen LogP contribution in [0.25, 0.3) is 6.08 Å². The maximum absolute atomic E-state index is 13.3. The van der Waals surface area contributed by atoms with E-state index in [0.29, 0.717) is 21.6 Å². The Hall–Kier alpha value is -4.43. The summed E-state index contributed by atoms with van der Waals surface area (Å²) in [5.41, 5.74) is 1.65. The number of hydrogen-bond acceptors (Lipinski definition) is 7. The van der Waals surface area contributed by atoms with Crippen LogP contribution >= 0.6 is 11.8 Å². The van der Waals surface area contributed by atoms with Gasteiger partial charge in [0, 0.05) is 18.0 Å². The molecule has 1 aliphatic heterocycles. The van der Waals surface area contributed by atoms with Crippen LogP contribution in [0, 0.1) is 0 Å². The van der Waals surface area contributed by atoms with E-state index >= 15 is 0 Å². The average Bonchev–Trinajstić information content (AvgIpc) is 3.50. The summed E-state index contributed by atoms with van der Waals surface area (Å²) in [5.74, 6) is 1.91. The summed E-state index contributed by atoms with van der Waals surface area (Å²) in [5, 5.41) is 8.95. The number of para-hydroxylation sites is 1. The first kappa shape index (κ1) is 22.4. The fraction of sp³-hybridized carbons (Fsp3) is 0.0370. The maximum Gasteiger partial charge on any atom is 0.267 e. The fourth-order valence-corrected chi connectivity index (χ4v) is 4.26. The summed E-state index contributed by atoms with van der Waals surface area (Å²) >= 11 is 1.26. The van der Waals surface area contributed by atoms with Crippen LogP contribution < -0.4 is 4.74 Å². The lowest BCUT2D eigenvalue weighted by atomic mass is 10.2. The van der Waals surface area contributed by atoms with E-state index in [0.717, 1.165) is 16.9 Å². The molecule has 0 spiro atoms. The molecule has 2 aromatic carbocycles. The van der Waals surface area contributed by atoms with Crippen LogP contribution in [0.2, 0.25) is 0 Å². The highest BCUT2D eigenvalue weighted by molar-refractivity contribution is 8.18. The van der Waals surface area contributed by atoms with E-state index in [1.54, 1.807) is 35.8 Å². The molecule has 0 N–H and O–H groups in total. The third kappa shape index (κ3) is 5.74. The second-order valence-electron chi connectivity index (χ2n) is 7.48. The monoisotopic (exact) mass is 480 g/mol. The number of carbonyl (C=O) groups is 1. The first-order valence-corrected chi connectivity index (χ1v) is 11.6. The molecule has 1 amide bonds. The molecule has 0 unspecified atom stereocenters. The van der Waals surface area contributed by atoms with E-state index in [9.17, 15) is 4.79 Å². The highest BCUT2D eigenvalue weighted by atomic mass is 32.2. The molecule has 5 rings (SSSR count). The van der Waals surface area contributed by atoms with Crippen molar-refractivity contribution >= 4 is 35.1 Å². The first-order valence-electron chi connectivity index (χ1n) is 10.8. The number of furan rings is 1. The van der Waals surface area contributed by atoms with Crippen LogP contribution in [-0.2, 0) is 11.3 Å². The van der Waals surface area contributed by atoms with Gasteiger partial charge in [-0.25, -0.2) is 0 Å². The molecule has 1 fully saturated rings. The number of aromatic nitrogens is 1. The van der Waals surface area contributed by atoms with Gasteiger partial charge in [-0.15, -0.1) is 5.10 Å². The summed E-state index contributed by atoms with van der Waals surface area (Å²) in [6.45, 7) is 0.259. The Bertz CT molecular complexity index is 1380. The summed E-state index contributed by atoms with van der Waals surface area (Å²) in [7, 11) is 0. The predicted octanol–water partition coefficient (Wildman–Crippen LogP) is 5.97. The largest absolute Gasteiger partial charge is 0.467 e. The van der Waals surface area contributed by atoms with Crippen LogP contribution in [-0.4, -0.2) is 27.2 Å². The number of thioether (sulfide) groups is 1. The van der Waals surface area contributed by atoms with Crippen LogP contribution in [0.15, 0.2) is 117 Å². The molecule has 0 atom stereocenters. The van der Waals surface area contributed by atoms with Gasteiger partial charge < -0.3 is 9.15 Å². The number of hydrogen-bond donors (Lipinski definition) is 0. The molecule has 2 aromatic heterocycles. The van der Waals surface area contributed by atoms with Crippen LogP contribution in [0.3, 0.4) is 0 Å². The van der Waals surface area contributed by atoms with Gasteiger partial charge in [-0.1, -0.05) is 36.4 Å². The van der Waals surface area contributed by atoms with Gasteiger partial charge in [-0.2, -0.15) is 5.10 Å². The van der Waals surface area contributed by atoms with Gasteiger partial charge in [0.1, 0.15) is 17.3 Å². The Labute approximate surface area is 206 Å². The molecule has 1 aliphatic rings. The van der Waals surface area contributed by atoms with Gasteiger partial charge >= 0.3 is 0 Å². The number of nitrogens with zero attached hydrogens (tertiary/aromatic N) is 4. The smallest absolute Gasteiger partial charge is 0.267 e. The predicted molar refractivity (Wildman–Crippen MR) is 137 cm³/mol. The third-order valence-electron chi connectivity index (χ3n) is 4.95. The minimum absolute atomic E-state index is 0.170. The van der Waals surface area contributed by atoms with Gasteiger partial charge in [0.15, 0.2) is 5.17 Å². The van der Waals surface area contributed by atoms with Crippen molar-refractivity contribution in [3.8, 4) is 11.5 Å². The average molecular weight is 481 g/mol. The molecule has 1 saturated heterocycles. The summed E-state index contributed by atoms with van der Waals surface area (Å²) < 4.78 is 11.4. The fourth-order valence-electron chi connectivity index (χ4n) is 3.32. The molecule has 0 aliphatic carbocycles. The number of ether oxygens (including phenoxy) is 1. The van der Waals surface area contributed by atoms with Crippen molar-refractivity contribution in [2.75, 3.05) is 0 Å². The van der Waals surface area contributed by atoms with E-state index in [-0.39, 0.29) is 12.5 Å². The summed E-state index contributed by atoms with van der Waals surface area (Å²) in [4.78, 5) is 19.4. The topological polar surface area (TPSA) is 80.3 Å². The highest BCUT2D eigenvalue weighted by Crippen LogP contribution is 2.34. The Morgan fingerprint density at radius 1 is 0.971 bits per heavy atom. The molecule has 3 heterocycles. The van der Waals surface area contributed by atoms with E-state index in [1.807, 2.05) is 78.9 Å². The lowest BCUT2D eigenvalue weighted by Gasteiger charge is -2.12. The van der Waals surface area contributed by atoms with Crippen molar-refractivity contribution in [2.24, 2.45) is 10.2 Å². The summed E-state index contributed by atoms with van der Waals surface area (Å²) in [6.07, 6.45) is 8.38. The van der Waals surface area contributed by atoms with Crippen LogP contribution in [0.4, 0.5) is 0 Å². The SMILES string of the molecule is O=C1/C(=C/c2cccc(Oc3ccccc3)c2)S/C(=N/N=C/c2cccnc2)N1Cc1ccco1. The zero-order valence-electron chi connectivity index (χ0n) is 18.5. The number of amides is 1. The molecule has 4 aromatic rings. The number of rotatable bonds is 7. The van der Waals surface area contributed by atoms with Crippen molar-refractivity contribution < 1.29 is 13.9 Å². The molecule has 0 bridgehead atoms.